The van der Waals surface area contributed by atoms with E-state index in [9.17, 15) is 18.8 Å². The molecular weight excluding hydrogens is 581 g/mol. The number of carbonyl (C=O) groups excluding carboxylic acids is 3. The highest BCUT2D eigenvalue weighted by Crippen LogP contribution is 2.38. The van der Waals surface area contributed by atoms with Crippen LogP contribution in [0, 0.1) is 12.7 Å². The second-order valence-electron chi connectivity index (χ2n) is 9.93. The Kier molecular flexibility index (Phi) is 9.34. The summed E-state index contributed by atoms with van der Waals surface area (Å²) in [5, 5.41) is 8.60. The van der Waals surface area contributed by atoms with Gasteiger partial charge < -0.3 is 30.4 Å². The number of rotatable bonds is 10. The second kappa shape index (κ2) is 13.3. The molecule has 2 aliphatic heterocycles. The van der Waals surface area contributed by atoms with Gasteiger partial charge in [0, 0.05) is 43.3 Å². The number of nitrogens with one attached hydrogen (secondary N) is 4. The van der Waals surface area contributed by atoms with Crippen LogP contribution in [0.1, 0.15) is 39.8 Å². The number of nitrogens with zero attached hydrogens (tertiary/aromatic N) is 3. The zero-order valence-electron chi connectivity index (χ0n) is 23.7. The molecule has 2 aliphatic rings. The van der Waals surface area contributed by atoms with Crippen molar-refractivity contribution in [3.63, 3.8) is 0 Å². The summed E-state index contributed by atoms with van der Waals surface area (Å²) in [5.74, 6) is -1.29. The van der Waals surface area contributed by atoms with Crippen LogP contribution in [0.5, 0.6) is 0 Å². The van der Waals surface area contributed by atoms with Crippen molar-refractivity contribution in [1.29, 1.82) is 0 Å². The maximum atomic E-state index is 13.7. The van der Waals surface area contributed by atoms with Crippen molar-refractivity contribution < 1.29 is 28.2 Å². The minimum atomic E-state index is -0.577. The molecule has 0 unspecified atom stereocenters. The summed E-state index contributed by atoms with van der Waals surface area (Å²) < 4.78 is 24.3. The van der Waals surface area contributed by atoms with Gasteiger partial charge in [0.2, 0.25) is 5.91 Å². The summed E-state index contributed by atoms with van der Waals surface area (Å²) in [6.07, 6.45) is 2.76. The van der Waals surface area contributed by atoms with Crippen molar-refractivity contribution >= 4 is 58.4 Å². The fraction of sp³-hybridized carbons (Fsp3) is 0.345. The highest BCUT2D eigenvalue weighted by atomic mass is 35.5. The average Bonchev–Trinajstić information content (AvgIpc) is 3.47. The second-order valence-corrected chi connectivity index (χ2v) is 10.3. The van der Waals surface area contributed by atoms with Gasteiger partial charge in [-0.15, -0.1) is 0 Å². The third-order valence-corrected chi connectivity index (χ3v) is 7.39. The van der Waals surface area contributed by atoms with E-state index in [-0.39, 0.29) is 46.7 Å². The van der Waals surface area contributed by atoms with Gasteiger partial charge in [0.1, 0.15) is 23.8 Å². The number of ether oxygens (including phenoxy) is 2. The average molecular weight is 612 g/mol. The maximum Gasteiger partial charge on any atom is 0.340 e. The molecule has 0 bridgehead atoms. The lowest BCUT2D eigenvalue weighted by Crippen LogP contribution is -2.41. The summed E-state index contributed by atoms with van der Waals surface area (Å²) in [4.78, 5) is 52.7. The van der Waals surface area contributed by atoms with E-state index < -0.39 is 17.7 Å². The lowest BCUT2D eigenvalue weighted by molar-refractivity contribution is -0.120. The van der Waals surface area contributed by atoms with Crippen LogP contribution in [0.15, 0.2) is 24.5 Å². The van der Waals surface area contributed by atoms with Crippen molar-refractivity contribution in [2.45, 2.75) is 20.3 Å². The number of H-pyrrole nitrogens is 1. The predicted octanol–water partition coefficient (Wildman–Crippen LogP) is 3.31. The monoisotopic (exact) mass is 611 g/mol. The van der Waals surface area contributed by atoms with Gasteiger partial charge >= 0.3 is 5.97 Å². The standard InChI is InChI=1S/C29H31ClFN7O5/c1-3-43-29(41)24-16(2)21(36-22(24)14-23(39)32-6-7-38-8-10-42-11-9-38)13-18-25-26(33-15-34-27(25)37-28(18)40)35-17-4-5-20(31)19(30)12-17/h4-5,12-13,15,36H,3,6-11,14H2,1-2H3,(H,32,39)(H2,33,34,35,37,40)/b18-13-. The summed E-state index contributed by atoms with van der Waals surface area (Å²) in [6.45, 7) is 7.68. The molecule has 5 rings (SSSR count). The van der Waals surface area contributed by atoms with Crippen LogP contribution in [0.25, 0.3) is 11.6 Å². The predicted molar refractivity (Wildman–Crippen MR) is 159 cm³/mol. The Morgan fingerprint density at radius 2 is 2.05 bits per heavy atom. The van der Waals surface area contributed by atoms with Gasteiger partial charge in [0.25, 0.3) is 5.91 Å². The molecule has 2 aromatic heterocycles. The Labute approximate surface area is 252 Å². The molecular formula is C29H31ClFN7O5. The molecule has 2 amide bonds. The van der Waals surface area contributed by atoms with Gasteiger partial charge in [-0.1, -0.05) is 11.6 Å². The van der Waals surface area contributed by atoms with Crippen LogP contribution in [0.2, 0.25) is 5.02 Å². The van der Waals surface area contributed by atoms with Crippen molar-refractivity contribution in [3.05, 3.63) is 63.4 Å². The van der Waals surface area contributed by atoms with Gasteiger partial charge in [-0.25, -0.2) is 19.2 Å². The summed E-state index contributed by atoms with van der Waals surface area (Å²) in [6, 6.07) is 4.10. The molecule has 1 fully saturated rings. The highest BCUT2D eigenvalue weighted by molar-refractivity contribution is 6.35. The fourth-order valence-corrected chi connectivity index (χ4v) is 5.13. The molecule has 0 aliphatic carbocycles. The summed E-state index contributed by atoms with van der Waals surface area (Å²) in [7, 11) is 0. The Bertz CT molecular complexity index is 1590. The topological polar surface area (TPSA) is 151 Å². The molecule has 0 radical (unpaired) electrons. The van der Waals surface area contributed by atoms with Gasteiger partial charge in [-0.3, -0.25) is 14.5 Å². The van der Waals surface area contributed by atoms with Crippen molar-refractivity contribution in [1.82, 2.24) is 25.2 Å². The van der Waals surface area contributed by atoms with E-state index in [0.717, 1.165) is 13.1 Å². The van der Waals surface area contributed by atoms with E-state index in [4.69, 9.17) is 21.1 Å². The number of anilines is 3. The van der Waals surface area contributed by atoms with Gasteiger partial charge in [-0.2, -0.15) is 0 Å². The summed E-state index contributed by atoms with van der Waals surface area (Å²) in [5.41, 5.74) is 2.60. The van der Waals surface area contributed by atoms with E-state index >= 15 is 0 Å². The minimum Gasteiger partial charge on any atom is -0.462 e. The Morgan fingerprint density at radius 3 is 2.79 bits per heavy atom. The van der Waals surface area contributed by atoms with E-state index in [1.807, 2.05) is 0 Å². The Hall–Kier alpha value is -4.33. The van der Waals surface area contributed by atoms with Crippen molar-refractivity contribution in [2.75, 3.05) is 56.6 Å². The molecule has 14 heteroatoms. The van der Waals surface area contributed by atoms with Crippen molar-refractivity contribution in [3.8, 4) is 0 Å². The number of hydrogen-bond donors (Lipinski definition) is 4. The van der Waals surface area contributed by atoms with Crippen LogP contribution in [0.3, 0.4) is 0 Å². The lowest BCUT2D eigenvalue weighted by atomic mass is 10.0. The zero-order chi connectivity index (χ0) is 30.5. The molecule has 0 saturated carbocycles. The molecule has 4 N–H and O–H groups in total. The van der Waals surface area contributed by atoms with E-state index in [1.165, 1.54) is 24.5 Å². The quantitative estimate of drug-likeness (QED) is 0.200. The van der Waals surface area contributed by atoms with Gasteiger partial charge in [-0.05, 0) is 43.7 Å². The first-order valence-electron chi connectivity index (χ1n) is 13.8. The first-order chi connectivity index (χ1) is 20.7. The van der Waals surface area contributed by atoms with Crippen molar-refractivity contribution in [2.24, 2.45) is 0 Å². The van der Waals surface area contributed by atoms with Crippen LogP contribution in [-0.2, 0) is 25.5 Å². The molecule has 12 nitrogen and oxygen atoms in total. The molecule has 226 valence electrons. The third kappa shape index (κ3) is 6.85. The number of fused-ring (bicyclic) bond motifs is 1. The van der Waals surface area contributed by atoms with Crippen LogP contribution in [0.4, 0.5) is 21.7 Å². The molecule has 43 heavy (non-hydrogen) atoms. The Morgan fingerprint density at radius 1 is 1.26 bits per heavy atom. The smallest absolute Gasteiger partial charge is 0.340 e. The molecule has 1 aromatic carbocycles. The Balaban J connectivity index is 1.42. The third-order valence-electron chi connectivity index (χ3n) is 7.10. The van der Waals surface area contributed by atoms with Gasteiger partial charge in [0.15, 0.2) is 0 Å². The maximum absolute atomic E-state index is 13.7. The normalized spacial score (nSPS) is 15.7. The SMILES string of the molecule is CCOC(=O)c1c(CC(=O)NCCN2CCOCC2)[nH]c(/C=C2\C(=O)Nc3ncnc(Nc4ccc(F)c(Cl)c4)c32)c1C. The lowest BCUT2D eigenvalue weighted by Gasteiger charge is -2.26. The number of halogens is 2. The minimum absolute atomic E-state index is 0.0770. The fourth-order valence-electron chi connectivity index (χ4n) is 4.95. The number of benzene rings is 1. The molecule has 3 aromatic rings. The molecule has 0 atom stereocenters. The van der Waals surface area contributed by atoms with E-state index in [0.29, 0.717) is 54.5 Å². The number of esters is 1. The number of aromatic amines is 1. The molecule has 0 spiro atoms. The number of hydrogen-bond acceptors (Lipinski definition) is 9. The first kappa shape index (κ1) is 30.1. The number of aromatic nitrogens is 3. The summed E-state index contributed by atoms with van der Waals surface area (Å²) >= 11 is 5.94. The number of morpholine rings is 1. The largest absolute Gasteiger partial charge is 0.462 e. The number of amides is 2. The van der Waals surface area contributed by atoms with Gasteiger partial charge in [0.05, 0.1) is 48.0 Å². The first-order valence-corrected chi connectivity index (χ1v) is 14.2. The number of carbonyl (C=O) groups is 3. The molecule has 4 heterocycles. The van der Waals surface area contributed by atoms with E-state index in [2.05, 4.69) is 35.8 Å². The van der Waals surface area contributed by atoms with Crippen LogP contribution >= 0.6 is 11.6 Å². The zero-order valence-corrected chi connectivity index (χ0v) is 24.4. The van der Waals surface area contributed by atoms with Crippen LogP contribution < -0.4 is 16.0 Å². The molecule has 1 saturated heterocycles. The van der Waals surface area contributed by atoms with E-state index in [1.54, 1.807) is 19.9 Å². The van der Waals surface area contributed by atoms with Crippen LogP contribution in [-0.4, -0.2) is 83.6 Å². The highest BCUT2D eigenvalue weighted by Gasteiger charge is 2.31.